The van der Waals surface area contributed by atoms with Gasteiger partial charge < -0.3 is 9.88 Å². The van der Waals surface area contributed by atoms with Crippen molar-refractivity contribution in [1.82, 2.24) is 4.57 Å². The first-order valence-electron chi connectivity index (χ1n) is 7.99. The smallest absolute Gasteiger partial charge is 0.251 e. The summed E-state index contributed by atoms with van der Waals surface area (Å²) in [5, 5.41) is 3.07. The number of carbonyl (C=O) groups is 2. The van der Waals surface area contributed by atoms with Crippen LogP contribution in [-0.4, -0.2) is 16.3 Å². The molecule has 0 atom stereocenters. The number of rotatable bonds is 5. The Labute approximate surface area is 168 Å². The third-order valence-electron chi connectivity index (χ3n) is 3.80. The molecule has 0 saturated heterocycles. The number of ketones is 1. The van der Waals surface area contributed by atoms with Crippen LogP contribution in [-0.2, 0) is 11.3 Å². The lowest BCUT2D eigenvalue weighted by Crippen LogP contribution is -2.27. The van der Waals surface area contributed by atoms with Crippen LogP contribution < -0.4 is 10.9 Å². The van der Waals surface area contributed by atoms with Crippen LogP contribution in [0.4, 0.5) is 5.69 Å². The fourth-order valence-corrected chi connectivity index (χ4v) is 3.08. The van der Waals surface area contributed by atoms with Crippen LogP contribution in [0.5, 0.6) is 0 Å². The Bertz CT molecular complexity index is 1060. The number of aromatic nitrogens is 1. The lowest BCUT2D eigenvalue weighted by atomic mass is 10.0. The molecule has 0 radical (unpaired) electrons. The number of hydrogen-bond donors (Lipinski definition) is 1. The van der Waals surface area contributed by atoms with Crippen molar-refractivity contribution < 1.29 is 9.59 Å². The largest absolute Gasteiger partial charge is 0.324 e. The van der Waals surface area contributed by atoms with E-state index in [1.807, 2.05) is 6.07 Å². The highest BCUT2D eigenvalue weighted by Crippen LogP contribution is 2.24. The van der Waals surface area contributed by atoms with Gasteiger partial charge in [-0.15, -0.1) is 0 Å². The zero-order valence-corrected chi connectivity index (χ0v) is 16.3. The normalized spacial score (nSPS) is 10.4. The lowest BCUT2D eigenvalue weighted by Gasteiger charge is -2.12. The van der Waals surface area contributed by atoms with Crippen LogP contribution in [0.15, 0.2) is 76.1 Å². The second-order valence-electron chi connectivity index (χ2n) is 5.75. The SMILES string of the molecule is O=C(Cn1cc(Br)ccc1=O)Nc1ccc(Cl)cc1C(=O)c1ccccc1. The quantitative estimate of drug-likeness (QED) is 0.600. The zero-order chi connectivity index (χ0) is 19.4. The van der Waals surface area contributed by atoms with E-state index in [9.17, 15) is 14.4 Å². The molecule has 0 saturated carbocycles. The molecule has 3 aromatic rings. The van der Waals surface area contributed by atoms with Gasteiger partial charge in [0.05, 0.1) is 5.69 Å². The highest BCUT2D eigenvalue weighted by molar-refractivity contribution is 9.10. The topological polar surface area (TPSA) is 68.2 Å². The van der Waals surface area contributed by atoms with Gasteiger partial charge in [0.1, 0.15) is 6.54 Å². The summed E-state index contributed by atoms with van der Waals surface area (Å²) in [4.78, 5) is 37.1. The minimum absolute atomic E-state index is 0.181. The molecule has 0 spiro atoms. The van der Waals surface area contributed by atoms with Crippen LogP contribution in [0.1, 0.15) is 15.9 Å². The second kappa shape index (κ2) is 8.33. The highest BCUT2D eigenvalue weighted by Gasteiger charge is 2.16. The van der Waals surface area contributed by atoms with Crippen molar-refractivity contribution in [3.63, 3.8) is 0 Å². The molecule has 27 heavy (non-hydrogen) atoms. The van der Waals surface area contributed by atoms with Crippen molar-refractivity contribution in [3.8, 4) is 0 Å². The van der Waals surface area contributed by atoms with Gasteiger partial charge in [0.15, 0.2) is 5.78 Å². The van der Waals surface area contributed by atoms with Gasteiger partial charge in [0, 0.05) is 32.9 Å². The first-order chi connectivity index (χ1) is 12.9. The molecule has 3 rings (SSSR count). The lowest BCUT2D eigenvalue weighted by molar-refractivity contribution is -0.116. The number of benzene rings is 2. The monoisotopic (exact) mass is 444 g/mol. The van der Waals surface area contributed by atoms with E-state index in [4.69, 9.17) is 11.6 Å². The molecule has 0 unspecified atom stereocenters. The predicted molar refractivity (Wildman–Crippen MR) is 108 cm³/mol. The molecule has 2 aromatic carbocycles. The molecule has 0 aliphatic rings. The number of pyridine rings is 1. The van der Waals surface area contributed by atoms with Gasteiger partial charge >= 0.3 is 0 Å². The summed E-state index contributed by atoms with van der Waals surface area (Å²) >= 11 is 9.30. The average molecular weight is 446 g/mol. The molecule has 0 aliphatic carbocycles. The Morgan fingerprint density at radius 2 is 1.78 bits per heavy atom. The van der Waals surface area contributed by atoms with E-state index in [0.29, 0.717) is 20.7 Å². The van der Waals surface area contributed by atoms with Crippen molar-refractivity contribution in [3.05, 3.63) is 97.8 Å². The minimum Gasteiger partial charge on any atom is -0.324 e. The Morgan fingerprint density at radius 3 is 2.52 bits per heavy atom. The molecule has 136 valence electrons. The van der Waals surface area contributed by atoms with Crippen molar-refractivity contribution >= 4 is 44.9 Å². The maximum atomic E-state index is 12.8. The minimum atomic E-state index is -0.431. The summed E-state index contributed by atoms with van der Waals surface area (Å²) in [7, 11) is 0. The van der Waals surface area contributed by atoms with Crippen LogP contribution in [0.3, 0.4) is 0 Å². The molecule has 0 fully saturated rings. The molecular weight excluding hydrogens is 432 g/mol. The maximum absolute atomic E-state index is 12.8. The molecule has 1 heterocycles. The highest BCUT2D eigenvalue weighted by atomic mass is 79.9. The second-order valence-corrected chi connectivity index (χ2v) is 7.10. The van der Waals surface area contributed by atoms with E-state index in [1.165, 1.54) is 22.9 Å². The van der Waals surface area contributed by atoms with E-state index in [1.54, 1.807) is 42.5 Å². The maximum Gasteiger partial charge on any atom is 0.251 e. The third-order valence-corrected chi connectivity index (χ3v) is 4.50. The molecule has 5 nitrogen and oxygen atoms in total. The molecule has 0 bridgehead atoms. The van der Waals surface area contributed by atoms with Gasteiger partial charge in [-0.05, 0) is 40.2 Å². The molecule has 1 amide bonds. The summed E-state index contributed by atoms with van der Waals surface area (Å²) in [5.74, 6) is -0.687. The molecule has 1 aromatic heterocycles. The van der Waals surface area contributed by atoms with E-state index in [0.717, 1.165) is 0 Å². The number of carbonyl (C=O) groups excluding carboxylic acids is 2. The summed E-state index contributed by atoms with van der Waals surface area (Å²) in [6, 6.07) is 16.4. The van der Waals surface area contributed by atoms with E-state index < -0.39 is 5.91 Å². The van der Waals surface area contributed by atoms with Gasteiger partial charge in [-0.25, -0.2) is 0 Å². The summed E-state index contributed by atoms with van der Waals surface area (Å²) in [6.45, 7) is -0.181. The zero-order valence-electron chi connectivity index (χ0n) is 14.0. The Kier molecular flexibility index (Phi) is 5.88. The predicted octanol–water partition coefficient (Wildman–Crippen LogP) is 4.13. The number of amides is 1. The van der Waals surface area contributed by atoms with Gasteiger partial charge in [0.2, 0.25) is 5.91 Å². The third kappa shape index (κ3) is 4.72. The Hall–Kier alpha value is -2.70. The van der Waals surface area contributed by atoms with E-state index in [2.05, 4.69) is 21.2 Å². The number of halogens is 2. The Balaban J connectivity index is 1.87. The summed E-state index contributed by atoms with van der Waals surface area (Å²) in [5.41, 5.74) is 0.799. The molecule has 1 N–H and O–H groups in total. The van der Waals surface area contributed by atoms with Crippen molar-refractivity contribution in [2.75, 3.05) is 5.32 Å². The molecule has 7 heteroatoms. The van der Waals surface area contributed by atoms with Gasteiger partial charge in [-0.3, -0.25) is 14.4 Å². The van der Waals surface area contributed by atoms with Gasteiger partial charge in [-0.1, -0.05) is 41.9 Å². The fraction of sp³-hybridized carbons (Fsp3) is 0.0500. The van der Waals surface area contributed by atoms with Crippen molar-refractivity contribution in [2.45, 2.75) is 6.54 Å². The van der Waals surface area contributed by atoms with Gasteiger partial charge in [-0.2, -0.15) is 0 Å². The first-order valence-corrected chi connectivity index (χ1v) is 9.16. The van der Waals surface area contributed by atoms with E-state index >= 15 is 0 Å². The van der Waals surface area contributed by atoms with Crippen LogP contribution >= 0.6 is 27.5 Å². The molecular formula is C20H14BrClN2O3. The number of nitrogens with zero attached hydrogens (tertiary/aromatic N) is 1. The molecule has 0 aliphatic heterocycles. The number of hydrogen-bond acceptors (Lipinski definition) is 3. The summed E-state index contributed by atoms with van der Waals surface area (Å²) < 4.78 is 1.95. The first kappa shape index (κ1) is 19.1. The van der Waals surface area contributed by atoms with Crippen molar-refractivity contribution in [2.24, 2.45) is 0 Å². The average Bonchev–Trinajstić information content (AvgIpc) is 2.66. The van der Waals surface area contributed by atoms with Gasteiger partial charge in [0.25, 0.3) is 5.56 Å². The number of anilines is 1. The van der Waals surface area contributed by atoms with Crippen LogP contribution in [0.25, 0.3) is 0 Å². The standard InChI is InChI=1S/C20H14BrClN2O3/c21-14-6-9-19(26)24(11-14)12-18(25)23-17-8-7-15(22)10-16(17)20(27)13-4-2-1-3-5-13/h1-11H,12H2,(H,23,25). The van der Waals surface area contributed by atoms with Crippen LogP contribution in [0.2, 0.25) is 5.02 Å². The van der Waals surface area contributed by atoms with Crippen molar-refractivity contribution in [1.29, 1.82) is 0 Å². The van der Waals surface area contributed by atoms with Crippen LogP contribution in [0, 0.1) is 0 Å². The number of nitrogens with one attached hydrogen (secondary N) is 1. The Morgan fingerprint density at radius 1 is 1.04 bits per heavy atom. The fourth-order valence-electron chi connectivity index (χ4n) is 2.53. The summed E-state index contributed by atoms with van der Waals surface area (Å²) in [6.07, 6.45) is 1.53. The van der Waals surface area contributed by atoms with E-state index in [-0.39, 0.29) is 23.5 Å².